The lowest BCUT2D eigenvalue weighted by atomic mass is 10.2. The second kappa shape index (κ2) is 3.52. The zero-order valence-electron chi connectivity index (χ0n) is 6.12. The predicted octanol–water partition coefficient (Wildman–Crippen LogP) is 1.31. The molecule has 1 rings (SSSR count). The standard InChI is InChI=1S/C8H12O2/c1-2-4-7-8(10-7)5-3-6-9/h3,5-8H,2,4H2,1H3. The molecule has 1 fully saturated rings. The summed E-state index contributed by atoms with van der Waals surface area (Å²) in [5, 5.41) is 0. The highest BCUT2D eigenvalue weighted by molar-refractivity contribution is 5.64. The molecule has 0 spiro atoms. The summed E-state index contributed by atoms with van der Waals surface area (Å²) in [6.45, 7) is 2.13. The molecule has 1 heterocycles. The van der Waals surface area contributed by atoms with Crippen LogP contribution in [0.5, 0.6) is 0 Å². The third-order valence-electron chi connectivity index (χ3n) is 1.57. The lowest BCUT2D eigenvalue weighted by molar-refractivity contribution is -0.104. The van der Waals surface area contributed by atoms with Crippen LogP contribution in [-0.4, -0.2) is 18.5 Å². The van der Waals surface area contributed by atoms with Gasteiger partial charge in [-0.3, -0.25) is 4.79 Å². The van der Waals surface area contributed by atoms with Crippen LogP contribution in [0.2, 0.25) is 0 Å². The van der Waals surface area contributed by atoms with Gasteiger partial charge >= 0.3 is 0 Å². The van der Waals surface area contributed by atoms with E-state index in [4.69, 9.17) is 4.74 Å². The Morgan fingerprint density at radius 3 is 3.00 bits per heavy atom. The molecule has 0 aromatic heterocycles. The Balaban J connectivity index is 2.12. The molecule has 0 saturated carbocycles. The fourth-order valence-corrected chi connectivity index (χ4v) is 0.997. The maximum Gasteiger partial charge on any atom is 0.142 e. The molecule has 0 N–H and O–H groups in total. The summed E-state index contributed by atoms with van der Waals surface area (Å²) < 4.78 is 5.21. The largest absolute Gasteiger partial charge is 0.365 e. The molecule has 2 nitrogen and oxygen atoms in total. The van der Waals surface area contributed by atoms with Crippen LogP contribution in [0.3, 0.4) is 0 Å². The molecule has 0 aromatic carbocycles. The van der Waals surface area contributed by atoms with E-state index < -0.39 is 0 Å². The number of hydrogen-bond acceptors (Lipinski definition) is 2. The van der Waals surface area contributed by atoms with Crippen molar-refractivity contribution in [1.82, 2.24) is 0 Å². The molecule has 0 bridgehead atoms. The minimum Gasteiger partial charge on any atom is -0.365 e. The molecule has 2 heteroatoms. The summed E-state index contributed by atoms with van der Waals surface area (Å²) in [4.78, 5) is 9.86. The number of epoxide rings is 1. The smallest absolute Gasteiger partial charge is 0.142 e. The topological polar surface area (TPSA) is 29.6 Å². The van der Waals surface area contributed by atoms with Gasteiger partial charge in [-0.1, -0.05) is 19.4 Å². The van der Waals surface area contributed by atoms with Gasteiger partial charge in [-0.2, -0.15) is 0 Å². The van der Waals surface area contributed by atoms with Gasteiger partial charge in [0.25, 0.3) is 0 Å². The lowest BCUT2D eigenvalue weighted by Crippen LogP contribution is -1.88. The molecule has 56 valence electrons. The predicted molar refractivity (Wildman–Crippen MR) is 38.8 cm³/mol. The first-order chi connectivity index (χ1) is 4.88. The summed E-state index contributed by atoms with van der Waals surface area (Å²) in [6, 6.07) is 0. The van der Waals surface area contributed by atoms with Crippen LogP contribution in [0.25, 0.3) is 0 Å². The first-order valence-corrected chi connectivity index (χ1v) is 3.66. The average molecular weight is 140 g/mol. The normalized spacial score (nSPS) is 30.9. The minimum atomic E-state index is 0.227. The van der Waals surface area contributed by atoms with E-state index in [1.165, 1.54) is 6.08 Å². The van der Waals surface area contributed by atoms with E-state index in [1.807, 2.05) is 6.08 Å². The molecule has 0 radical (unpaired) electrons. The maximum absolute atomic E-state index is 9.86. The SMILES string of the molecule is CCCC1OC1C=CC=O. The fourth-order valence-electron chi connectivity index (χ4n) is 0.997. The Morgan fingerprint density at radius 2 is 2.40 bits per heavy atom. The van der Waals surface area contributed by atoms with E-state index in [9.17, 15) is 4.79 Å². The zero-order valence-corrected chi connectivity index (χ0v) is 6.12. The third kappa shape index (κ3) is 1.95. The fraction of sp³-hybridized carbons (Fsp3) is 0.625. The van der Waals surface area contributed by atoms with Crippen molar-refractivity contribution < 1.29 is 9.53 Å². The number of carbonyl (C=O) groups is 1. The molecule has 0 amide bonds. The Kier molecular flexibility index (Phi) is 2.63. The number of allylic oxidation sites excluding steroid dienone is 1. The Bertz CT molecular complexity index is 140. The van der Waals surface area contributed by atoms with Gasteiger partial charge in [0.1, 0.15) is 12.4 Å². The summed E-state index contributed by atoms with van der Waals surface area (Å²) in [5.74, 6) is 0. The highest BCUT2D eigenvalue weighted by atomic mass is 16.6. The number of carbonyl (C=O) groups excluding carboxylic acids is 1. The van der Waals surface area contributed by atoms with Gasteiger partial charge in [-0.25, -0.2) is 0 Å². The molecule has 2 unspecified atom stereocenters. The van der Waals surface area contributed by atoms with Crippen molar-refractivity contribution in [3.63, 3.8) is 0 Å². The minimum absolute atomic E-state index is 0.227. The van der Waals surface area contributed by atoms with E-state index in [2.05, 4.69) is 6.92 Å². The van der Waals surface area contributed by atoms with Crippen LogP contribution in [0.4, 0.5) is 0 Å². The highest BCUT2D eigenvalue weighted by Crippen LogP contribution is 2.27. The van der Waals surface area contributed by atoms with E-state index in [-0.39, 0.29) is 6.10 Å². The van der Waals surface area contributed by atoms with Gasteiger partial charge in [0.2, 0.25) is 0 Å². The van der Waals surface area contributed by atoms with E-state index in [1.54, 1.807) is 0 Å². The lowest BCUT2D eigenvalue weighted by Gasteiger charge is -1.82. The molecular formula is C8H12O2. The van der Waals surface area contributed by atoms with Gasteiger partial charge in [-0.15, -0.1) is 0 Å². The molecule has 0 aromatic rings. The van der Waals surface area contributed by atoms with Crippen molar-refractivity contribution in [2.24, 2.45) is 0 Å². The van der Waals surface area contributed by atoms with Gasteiger partial charge in [0, 0.05) is 0 Å². The van der Waals surface area contributed by atoms with Crippen LogP contribution < -0.4 is 0 Å². The first kappa shape index (κ1) is 7.48. The van der Waals surface area contributed by atoms with E-state index in [0.717, 1.165) is 19.1 Å². The van der Waals surface area contributed by atoms with Gasteiger partial charge in [0.05, 0.1) is 6.10 Å². The zero-order chi connectivity index (χ0) is 7.40. The first-order valence-electron chi connectivity index (χ1n) is 3.66. The van der Waals surface area contributed by atoms with Gasteiger partial charge in [-0.05, 0) is 12.5 Å². The molecule has 1 aliphatic rings. The Labute approximate surface area is 60.9 Å². The van der Waals surface area contributed by atoms with Crippen LogP contribution in [0.1, 0.15) is 19.8 Å². The van der Waals surface area contributed by atoms with Gasteiger partial charge < -0.3 is 4.74 Å². The van der Waals surface area contributed by atoms with Crippen molar-refractivity contribution >= 4 is 6.29 Å². The third-order valence-corrected chi connectivity index (χ3v) is 1.57. The molecule has 2 atom stereocenters. The average Bonchev–Trinajstić information content (AvgIpc) is 2.65. The second-order valence-electron chi connectivity index (χ2n) is 2.45. The summed E-state index contributed by atoms with van der Waals surface area (Å²) in [6.07, 6.45) is 6.97. The summed E-state index contributed by atoms with van der Waals surface area (Å²) >= 11 is 0. The monoisotopic (exact) mass is 140 g/mol. The van der Waals surface area contributed by atoms with Gasteiger partial charge in [0.15, 0.2) is 0 Å². The van der Waals surface area contributed by atoms with Crippen molar-refractivity contribution in [2.75, 3.05) is 0 Å². The van der Waals surface area contributed by atoms with E-state index in [0.29, 0.717) is 6.10 Å². The van der Waals surface area contributed by atoms with Crippen LogP contribution in [0, 0.1) is 0 Å². The van der Waals surface area contributed by atoms with Crippen LogP contribution in [0.15, 0.2) is 12.2 Å². The molecular weight excluding hydrogens is 128 g/mol. The van der Waals surface area contributed by atoms with Crippen molar-refractivity contribution in [2.45, 2.75) is 32.0 Å². The van der Waals surface area contributed by atoms with Crippen LogP contribution >= 0.6 is 0 Å². The number of hydrogen-bond donors (Lipinski definition) is 0. The molecule has 0 aliphatic carbocycles. The molecule has 1 saturated heterocycles. The quantitative estimate of drug-likeness (QED) is 0.335. The summed E-state index contributed by atoms with van der Waals surface area (Å²) in [7, 11) is 0. The van der Waals surface area contributed by atoms with Crippen molar-refractivity contribution in [1.29, 1.82) is 0 Å². The van der Waals surface area contributed by atoms with Crippen molar-refractivity contribution in [3.05, 3.63) is 12.2 Å². The Morgan fingerprint density at radius 1 is 1.60 bits per heavy atom. The Hall–Kier alpha value is -0.630. The summed E-state index contributed by atoms with van der Waals surface area (Å²) in [5.41, 5.74) is 0. The number of ether oxygens (including phenoxy) is 1. The second-order valence-corrected chi connectivity index (χ2v) is 2.45. The molecule has 1 aliphatic heterocycles. The van der Waals surface area contributed by atoms with Crippen LogP contribution in [-0.2, 0) is 9.53 Å². The highest BCUT2D eigenvalue weighted by Gasteiger charge is 2.34. The van der Waals surface area contributed by atoms with Crippen molar-refractivity contribution in [3.8, 4) is 0 Å². The molecule has 10 heavy (non-hydrogen) atoms. The maximum atomic E-state index is 9.86. The van der Waals surface area contributed by atoms with E-state index >= 15 is 0 Å². The number of rotatable bonds is 4. The number of aldehydes is 1.